The average molecular weight is 290 g/mol. The predicted molar refractivity (Wildman–Crippen MR) is 64.5 cm³/mol. The summed E-state index contributed by atoms with van der Waals surface area (Å²) in [7, 11) is -3.86. The van der Waals surface area contributed by atoms with E-state index in [-0.39, 0.29) is 10.9 Å². The summed E-state index contributed by atoms with van der Waals surface area (Å²) in [5, 5.41) is 17.6. The molecule has 0 atom stereocenters. The molecule has 0 radical (unpaired) electrons. The molecule has 0 saturated heterocycles. The molecule has 1 aromatic rings. The second-order valence-corrected chi connectivity index (χ2v) is 5.88. The molecule has 9 heteroatoms. The number of carbonyl (C=O) groups is 2. The van der Waals surface area contributed by atoms with E-state index in [9.17, 15) is 18.0 Å². The number of aromatic nitrogens is 1. The van der Waals surface area contributed by atoms with Gasteiger partial charge in [-0.1, -0.05) is 0 Å². The van der Waals surface area contributed by atoms with Gasteiger partial charge in [-0.15, -0.1) is 0 Å². The lowest BCUT2D eigenvalue weighted by Gasteiger charge is -2.07. The van der Waals surface area contributed by atoms with E-state index in [0.717, 1.165) is 16.8 Å². The van der Waals surface area contributed by atoms with Gasteiger partial charge < -0.3 is 14.8 Å². The number of carboxylic acid groups (broad SMARTS) is 2. The average Bonchev–Trinajstić information content (AvgIpc) is 2.59. The molecule has 19 heavy (non-hydrogen) atoms. The summed E-state index contributed by atoms with van der Waals surface area (Å²) < 4.78 is 26.9. The topological polar surface area (TPSA) is 126 Å². The third kappa shape index (κ3) is 3.80. The Hall–Kier alpha value is -1.87. The summed E-state index contributed by atoms with van der Waals surface area (Å²) in [4.78, 5) is 21.3. The lowest BCUT2D eigenvalue weighted by Crippen LogP contribution is -2.30. The lowest BCUT2D eigenvalue weighted by atomic mass is 10.4. The van der Waals surface area contributed by atoms with E-state index in [1.807, 2.05) is 0 Å². The number of nitrogens with one attached hydrogen (secondary N) is 1. The maximum absolute atomic E-state index is 11.9. The number of nitrogens with zero attached hydrogens (tertiary/aromatic N) is 1. The third-order valence-corrected chi connectivity index (χ3v) is 3.72. The maximum Gasteiger partial charge on any atom is 0.352 e. The molecule has 0 bridgehead atoms. The van der Waals surface area contributed by atoms with E-state index in [1.54, 1.807) is 13.8 Å². The van der Waals surface area contributed by atoms with Crippen molar-refractivity contribution in [3.05, 3.63) is 18.0 Å². The molecular weight excluding hydrogens is 276 g/mol. The molecule has 3 N–H and O–H groups in total. The quantitative estimate of drug-likeness (QED) is 0.674. The van der Waals surface area contributed by atoms with Gasteiger partial charge in [-0.2, -0.15) is 0 Å². The molecule has 0 fully saturated rings. The van der Waals surface area contributed by atoms with Gasteiger partial charge >= 0.3 is 11.9 Å². The number of carboxylic acids is 2. The summed E-state index contributed by atoms with van der Waals surface area (Å²) >= 11 is 0. The molecule has 106 valence electrons. The van der Waals surface area contributed by atoms with Crippen molar-refractivity contribution in [2.45, 2.75) is 31.3 Å². The molecule has 1 rings (SSSR count). The summed E-state index contributed by atoms with van der Waals surface area (Å²) in [6, 6.07) is 0.566. The Morgan fingerprint density at radius 1 is 1.37 bits per heavy atom. The first-order valence-electron chi connectivity index (χ1n) is 5.31. The SMILES string of the molecule is CC(C)NS(=O)(=O)c1cc(C(=O)O)n(CC(=O)O)c1. The summed E-state index contributed by atoms with van der Waals surface area (Å²) in [6.07, 6.45) is 0.988. The van der Waals surface area contributed by atoms with Crippen LogP contribution in [-0.4, -0.2) is 41.2 Å². The van der Waals surface area contributed by atoms with E-state index in [1.165, 1.54) is 0 Å². The highest BCUT2D eigenvalue weighted by Gasteiger charge is 2.22. The molecular formula is C10H14N2O6S. The van der Waals surface area contributed by atoms with Gasteiger partial charge in [0.1, 0.15) is 17.1 Å². The minimum absolute atomic E-state index is 0.278. The van der Waals surface area contributed by atoms with Crippen molar-refractivity contribution in [3.8, 4) is 0 Å². The summed E-state index contributed by atoms with van der Waals surface area (Å²) in [5.41, 5.74) is -0.397. The zero-order valence-corrected chi connectivity index (χ0v) is 11.1. The number of aliphatic carboxylic acids is 1. The van der Waals surface area contributed by atoms with Gasteiger partial charge in [-0.05, 0) is 19.9 Å². The Morgan fingerprint density at radius 2 is 1.95 bits per heavy atom. The van der Waals surface area contributed by atoms with Crippen molar-refractivity contribution in [2.75, 3.05) is 0 Å². The highest BCUT2D eigenvalue weighted by molar-refractivity contribution is 7.89. The molecule has 1 heterocycles. The highest BCUT2D eigenvalue weighted by Crippen LogP contribution is 2.15. The van der Waals surface area contributed by atoms with E-state index >= 15 is 0 Å². The maximum atomic E-state index is 11.9. The first-order chi connectivity index (χ1) is 8.63. The standard InChI is InChI=1S/C10H14N2O6S/c1-6(2)11-19(17,18)7-3-8(10(15)16)12(4-7)5-9(13)14/h3-4,6,11H,5H2,1-2H3,(H,13,14)(H,15,16). The molecule has 0 aliphatic heterocycles. The van der Waals surface area contributed by atoms with Crippen LogP contribution in [0.2, 0.25) is 0 Å². The largest absolute Gasteiger partial charge is 0.480 e. The van der Waals surface area contributed by atoms with Crippen LogP contribution >= 0.6 is 0 Å². The van der Waals surface area contributed by atoms with E-state index in [2.05, 4.69) is 4.72 Å². The van der Waals surface area contributed by atoms with Crippen molar-refractivity contribution in [1.29, 1.82) is 0 Å². The van der Waals surface area contributed by atoms with E-state index in [0.29, 0.717) is 0 Å². The Kier molecular flexibility index (Phi) is 4.32. The first-order valence-corrected chi connectivity index (χ1v) is 6.79. The molecule has 0 unspecified atom stereocenters. The molecule has 0 amide bonds. The third-order valence-electron chi connectivity index (χ3n) is 2.10. The van der Waals surface area contributed by atoms with Gasteiger partial charge in [-0.3, -0.25) is 4.79 Å². The van der Waals surface area contributed by atoms with E-state index in [4.69, 9.17) is 10.2 Å². The van der Waals surface area contributed by atoms with Crippen LogP contribution in [0.1, 0.15) is 24.3 Å². The monoisotopic (exact) mass is 290 g/mol. The number of sulfonamides is 1. The molecule has 0 spiro atoms. The molecule has 8 nitrogen and oxygen atoms in total. The number of hydrogen-bond donors (Lipinski definition) is 3. The normalized spacial score (nSPS) is 11.7. The van der Waals surface area contributed by atoms with Gasteiger partial charge in [0.2, 0.25) is 10.0 Å². The van der Waals surface area contributed by atoms with Crippen LogP contribution in [0, 0.1) is 0 Å². The lowest BCUT2D eigenvalue weighted by molar-refractivity contribution is -0.137. The smallest absolute Gasteiger partial charge is 0.352 e. The van der Waals surface area contributed by atoms with Gasteiger partial charge in [0.15, 0.2) is 0 Å². The second-order valence-electron chi connectivity index (χ2n) is 4.16. The zero-order valence-electron chi connectivity index (χ0n) is 10.3. The van der Waals surface area contributed by atoms with Crippen molar-refractivity contribution >= 4 is 22.0 Å². The van der Waals surface area contributed by atoms with Crippen LogP contribution in [0.3, 0.4) is 0 Å². The fraction of sp³-hybridized carbons (Fsp3) is 0.400. The molecule has 0 aliphatic rings. The highest BCUT2D eigenvalue weighted by atomic mass is 32.2. The van der Waals surface area contributed by atoms with Crippen LogP contribution in [0.15, 0.2) is 17.2 Å². The summed E-state index contributed by atoms with van der Waals surface area (Å²) in [6.45, 7) is 2.60. The van der Waals surface area contributed by atoms with Crippen LogP contribution in [-0.2, 0) is 21.4 Å². The van der Waals surface area contributed by atoms with Gasteiger partial charge in [0, 0.05) is 12.2 Å². The number of rotatable bonds is 6. The van der Waals surface area contributed by atoms with Crippen molar-refractivity contribution < 1.29 is 28.2 Å². The predicted octanol–water partition coefficient (Wildman–Crippen LogP) is -0.0424. The zero-order chi connectivity index (χ0) is 14.8. The fourth-order valence-corrected chi connectivity index (χ4v) is 2.75. The Balaban J connectivity index is 3.25. The molecule has 0 aromatic carbocycles. The van der Waals surface area contributed by atoms with Crippen LogP contribution < -0.4 is 4.72 Å². The van der Waals surface area contributed by atoms with Gasteiger partial charge in [0.25, 0.3) is 0 Å². The molecule has 0 aliphatic carbocycles. The second kappa shape index (κ2) is 5.41. The summed E-state index contributed by atoms with van der Waals surface area (Å²) in [5.74, 6) is -2.66. The van der Waals surface area contributed by atoms with Crippen molar-refractivity contribution in [2.24, 2.45) is 0 Å². The van der Waals surface area contributed by atoms with Crippen molar-refractivity contribution in [1.82, 2.24) is 9.29 Å². The minimum Gasteiger partial charge on any atom is -0.480 e. The van der Waals surface area contributed by atoms with Gasteiger partial charge in [-0.25, -0.2) is 17.9 Å². The Morgan fingerprint density at radius 3 is 2.37 bits per heavy atom. The Bertz CT molecular complexity index is 602. The number of aromatic carboxylic acids is 1. The molecule has 1 aromatic heterocycles. The first kappa shape index (κ1) is 15.2. The van der Waals surface area contributed by atoms with Crippen LogP contribution in [0.5, 0.6) is 0 Å². The molecule has 0 saturated carbocycles. The number of hydrogen-bond acceptors (Lipinski definition) is 4. The van der Waals surface area contributed by atoms with Crippen molar-refractivity contribution in [3.63, 3.8) is 0 Å². The van der Waals surface area contributed by atoms with Crippen LogP contribution in [0.4, 0.5) is 0 Å². The van der Waals surface area contributed by atoms with E-state index < -0.39 is 34.2 Å². The fourth-order valence-electron chi connectivity index (χ4n) is 1.46. The van der Waals surface area contributed by atoms with Crippen LogP contribution in [0.25, 0.3) is 0 Å². The Labute approximate surface area is 109 Å². The van der Waals surface area contributed by atoms with Gasteiger partial charge in [0.05, 0.1) is 0 Å². The minimum atomic E-state index is -3.86.